The summed E-state index contributed by atoms with van der Waals surface area (Å²) in [4.78, 5) is 47.7. The van der Waals surface area contributed by atoms with E-state index >= 15 is 0 Å². The average molecular weight is 366 g/mol. The van der Waals surface area contributed by atoms with E-state index in [1.54, 1.807) is 35.0 Å². The van der Waals surface area contributed by atoms with Crippen LogP contribution < -0.4 is 10.6 Å². The van der Waals surface area contributed by atoms with Crippen LogP contribution in [0.15, 0.2) is 35.0 Å². The van der Waals surface area contributed by atoms with Gasteiger partial charge < -0.3 is 10.1 Å². The Kier molecular flexibility index (Phi) is 6.21. The summed E-state index contributed by atoms with van der Waals surface area (Å²) in [6.07, 6.45) is 0. The van der Waals surface area contributed by atoms with E-state index in [2.05, 4.69) is 10.6 Å². The summed E-state index contributed by atoms with van der Waals surface area (Å²) in [5.74, 6) is -2.45. The Labute approximate surface area is 145 Å². The van der Waals surface area contributed by atoms with Crippen LogP contribution in [0.25, 0.3) is 0 Å². The molecular weight excluding hydrogens is 352 g/mol. The van der Waals surface area contributed by atoms with Gasteiger partial charge in [0.1, 0.15) is 6.04 Å². The zero-order chi connectivity index (χ0) is 17.5. The molecule has 0 fully saturated rings. The smallest absolute Gasteiger partial charge is 0.328 e. The molecule has 9 heteroatoms. The van der Waals surface area contributed by atoms with Gasteiger partial charge in [0.25, 0.3) is 17.7 Å². The summed E-state index contributed by atoms with van der Waals surface area (Å²) < 4.78 is 4.79. The molecule has 2 N–H and O–H groups in total. The second-order valence-corrected chi connectivity index (χ2v) is 6.53. The number of carbonyl (C=O) groups is 4. The van der Waals surface area contributed by atoms with E-state index in [0.717, 1.165) is 0 Å². The van der Waals surface area contributed by atoms with E-state index in [9.17, 15) is 19.2 Å². The second-order valence-electron chi connectivity index (χ2n) is 4.63. The van der Waals surface area contributed by atoms with Gasteiger partial charge in [0.05, 0.1) is 9.75 Å². The number of hydrogen-bond acceptors (Lipinski definition) is 7. The van der Waals surface area contributed by atoms with Crippen molar-refractivity contribution in [1.29, 1.82) is 0 Å². The van der Waals surface area contributed by atoms with Crippen molar-refractivity contribution in [3.8, 4) is 0 Å². The molecule has 0 bridgehead atoms. The fourth-order valence-corrected chi connectivity index (χ4v) is 2.87. The van der Waals surface area contributed by atoms with Crippen molar-refractivity contribution in [2.24, 2.45) is 0 Å². The lowest BCUT2D eigenvalue weighted by Gasteiger charge is -2.12. The third-order valence-corrected chi connectivity index (χ3v) is 4.53. The summed E-state index contributed by atoms with van der Waals surface area (Å²) in [6, 6.07) is 5.68. The Morgan fingerprint density at radius 3 is 2.17 bits per heavy atom. The maximum Gasteiger partial charge on any atom is 0.328 e. The lowest BCUT2D eigenvalue weighted by molar-refractivity contribution is -0.149. The van der Waals surface area contributed by atoms with Crippen LogP contribution in [0.4, 0.5) is 0 Å². The molecule has 0 saturated carbocycles. The van der Waals surface area contributed by atoms with Crippen LogP contribution in [0.3, 0.4) is 0 Å². The fourth-order valence-electron chi connectivity index (χ4n) is 1.63. The molecule has 0 saturated heterocycles. The number of nitrogens with one attached hydrogen (secondary N) is 2. The number of imide groups is 1. The minimum atomic E-state index is -0.916. The van der Waals surface area contributed by atoms with E-state index in [1.165, 1.54) is 29.6 Å². The van der Waals surface area contributed by atoms with Gasteiger partial charge >= 0.3 is 5.97 Å². The zero-order valence-electron chi connectivity index (χ0n) is 12.6. The number of thiophene rings is 2. The lowest BCUT2D eigenvalue weighted by atomic mass is 10.3. The highest BCUT2D eigenvalue weighted by Crippen LogP contribution is 2.09. The lowest BCUT2D eigenvalue weighted by Crippen LogP contribution is -2.41. The second kappa shape index (κ2) is 8.37. The normalized spacial score (nSPS) is 11.4. The van der Waals surface area contributed by atoms with Gasteiger partial charge in [-0.25, -0.2) is 4.79 Å². The Morgan fingerprint density at radius 2 is 1.62 bits per heavy atom. The highest BCUT2D eigenvalue weighted by molar-refractivity contribution is 7.12. The molecule has 0 aliphatic rings. The molecule has 0 radical (unpaired) electrons. The van der Waals surface area contributed by atoms with Crippen LogP contribution in [-0.2, 0) is 14.3 Å². The first-order valence-corrected chi connectivity index (χ1v) is 8.62. The van der Waals surface area contributed by atoms with E-state index in [4.69, 9.17) is 4.74 Å². The molecule has 2 heterocycles. The Bertz CT molecular complexity index is 725. The van der Waals surface area contributed by atoms with Crippen LogP contribution in [0.2, 0.25) is 0 Å². The molecule has 0 aliphatic carbocycles. The average Bonchev–Trinajstić information content (AvgIpc) is 3.24. The maximum atomic E-state index is 11.8. The first-order valence-electron chi connectivity index (χ1n) is 6.86. The predicted octanol–water partition coefficient (Wildman–Crippen LogP) is 1.43. The molecule has 1 unspecified atom stereocenters. The SMILES string of the molecule is CC(NC(=O)c1cccs1)C(=O)OCC(=O)NC(=O)c1cccs1. The molecular formula is C15H14N2O5S2. The summed E-state index contributed by atoms with van der Waals surface area (Å²) in [5, 5.41) is 8.03. The standard InChI is InChI=1S/C15H14N2O5S2/c1-9(16-13(19)10-4-2-6-23-10)15(21)22-8-12(18)17-14(20)11-5-3-7-24-11/h2-7,9H,8H2,1H3,(H,16,19)(H,17,18,20). The number of rotatable bonds is 6. The first-order chi connectivity index (χ1) is 11.5. The van der Waals surface area contributed by atoms with Crippen LogP contribution in [0, 0.1) is 0 Å². The van der Waals surface area contributed by atoms with Gasteiger partial charge in [0.15, 0.2) is 6.61 Å². The van der Waals surface area contributed by atoms with Crippen molar-refractivity contribution in [2.45, 2.75) is 13.0 Å². The molecule has 3 amide bonds. The van der Waals surface area contributed by atoms with Crippen LogP contribution >= 0.6 is 22.7 Å². The summed E-state index contributed by atoms with van der Waals surface area (Å²) in [5.41, 5.74) is 0. The fraction of sp³-hybridized carbons (Fsp3) is 0.200. The van der Waals surface area contributed by atoms with Gasteiger partial charge in [-0.05, 0) is 29.8 Å². The van der Waals surface area contributed by atoms with Crippen molar-refractivity contribution in [3.05, 3.63) is 44.8 Å². The van der Waals surface area contributed by atoms with Gasteiger partial charge in [-0.3, -0.25) is 19.7 Å². The molecule has 0 spiro atoms. The highest BCUT2D eigenvalue weighted by Gasteiger charge is 2.20. The van der Waals surface area contributed by atoms with E-state index in [1.807, 2.05) is 0 Å². The molecule has 2 aromatic heterocycles. The molecule has 0 aromatic carbocycles. The van der Waals surface area contributed by atoms with Crippen molar-refractivity contribution in [1.82, 2.24) is 10.6 Å². The number of amides is 3. The predicted molar refractivity (Wildman–Crippen MR) is 89.0 cm³/mol. The van der Waals surface area contributed by atoms with Crippen LogP contribution in [-0.4, -0.2) is 36.3 Å². The number of carbonyl (C=O) groups excluding carboxylic acids is 4. The van der Waals surface area contributed by atoms with Crippen molar-refractivity contribution in [3.63, 3.8) is 0 Å². The molecule has 2 rings (SSSR count). The van der Waals surface area contributed by atoms with Crippen LogP contribution in [0.1, 0.15) is 26.3 Å². The molecule has 7 nitrogen and oxygen atoms in total. The van der Waals surface area contributed by atoms with Crippen molar-refractivity contribution >= 4 is 46.4 Å². The van der Waals surface area contributed by atoms with E-state index in [0.29, 0.717) is 9.75 Å². The number of hydrogen-bond donors (Lipinski definition) is 2. The third-order valence-electron chi connectivity index (χ3n) is 2.79. The Morgan fingerprint density at radius 1 is 1.04 bits per heavy atom. The van der Waals surface area contributed by atoms with Gasteiger partial charge in [-0.15, -0.1) is 22.7 Å². The number of esters is 1. The molecule has 126 valence electrons. The summed E-state index contributed by atoms with van der Waals surface area (Å²) in [7, 11) is 0. The van der Waals surface area contributed by atoms with Crippen molar-refractivity contribution < 1.29 is 23.9 Å². The van der Waals surface area contributed by atoms with E-state index < -0.39 is 36.3 Å². The van der Waals surface area contributed by atoms with Gasteiger partial charge in [0, 0.05) is 0 Å². The monoisotopic (exact) mass is 366 g/mol. The molecule has 24 heavy (non-hydrogen) atoms. The molecule has 2 aromatic rings. The largest absolute Gasteiger partial charge is 0.454 e. The molecule has 0 aliphatic heterocycles. The number of ether oxygens (including phenoxy) is 1. The Balaban J connectivity index is 1.74. The van der Waals surface area contributed by atoms with Crippen molar-refractivity contribution in [2.75, 3.05) is 6.61 Å². The van der Waals surface area contributed by atoms with Gasteiger partial charge in [-0.1, -0.05) is 12.1 Å². The quantitative estimate of drug-likeness (QED) is 0.753. The van der Waals surface area contributed by atoms with Crippen LogP contribution in [0.5, 0.6) is 0 Å². The van der Waals surface area contributed by atoms with E-state index in [-0.39, 0.29) is 0 Å². The maximum absolute atomic E-state index is 11.8. The minimum absolute atomic E-state index is 0.381. The minimum Gasteiger partial charge on any atom is -0.454 e. The Hall–Kier alpha value is -2.52. The van der Waals surface area contributed by atoms with Gasteiger partial charge in [-0.2, -0.15) is 0 Å². The molecule has 1 atom stereocenters. The summed E-state index contributed by atoms with van der Waals surface area (Å²) >= 11 is 2.43. The van der Waals surface area contributed by atoms with Gasteiger partial charge in [0.2, 0.25) is 0 Å². The highest BCUT2D eigenvalue weighted by atomic mass is 32.1. The first kappa shape index (κ1) is 17.8. The third kappa shape index (κ3) is 5.00. The zero-order valence-corrected chi connectivity index (χ0v) is 14.2. The topological polar surface area (TPSA) is 102 Å². The summed E-state index contributed by atoms with van der Waals surface area (Å²) in [6.45, 7) is 0.845.